The van der Waals surface area contributed by atoms with Crippen LogP contribution < -0.4 is 5.32 Å². The number of H-pyrrole nitrogens is 1. The largest absolute Gasteiger partial charge is 0.354 e. The number of imidazole rings is 1. The molecule has 4 rings (SSSR count). The molecule has 1 aliphatic rings. The highest BCUT2D eigenvalue weighted by Crippen LogP contribution is 2.24. The summed E-state index contributed by atoms with van der Waals surface area (Å²) in [6.45, 7) is 13.1. The van der Waals surface area contributed by atoms with Gasteiger partial charge in [0.15, 0.2) is 0 Å². The number of hydrogen-bond donors (Lipinski definition) is 2. The number of aromatic nitrogens is 4. The van der Waals surface area contributed by atoms with E-state index in [2.05, 4.69) is 37.2 Å². The van der Waals surface area contributed by atoms with Gasteiger partial charge in [0, 0.05) is 19.7 Å². The molecule has 1 saturated heterocycles. The SMILES string of the molecule is [C]c1ccc2[nH]c(-c3cnc(NCCCC4CCN(C)CC4)nc3C)nc2c1. The van der Waals surface area contributed by atoms with E-state index in [4.69, 9.17) is 6.92 Å². The molecular formula is C22H27N6. The summed E-state index contributed by atoms with van der Waals surface area (Å²) in [6, 6.07) is 5.39. The van der Waals surface area contributed by atoms with E-state index >= 15 is 0 Å². The number of nitrogens with one attached hydrogen (secondary N) is 2. The van der Waals surface area contributed by atoms with E-state index in [0.717, 1.165) is 47.0 Å². The Bertz CT molecular complexity index is 939. The first-order chi connectivity index (χ1) is 13.6. The molecule has 1 aromatic carbocycles. The fourth-order valence-electron chi connectivity index (χ4n) is 3.86. The fourth-order valence-corrected chi connectivity index (χ4v) is 3.86. The van der Waals surface area contributed by atoms with Crippen molar-refractivity contribution in [3.8, 4) is 11.4 Å². The molecule has 3 aromatic rings. The van der Waals surface area contributed by atoms with Crippen LogP contribution in [0.3, 0.4) is 0 Å². The minimum atomic E-state index is 0.457. The third-order valence-corrected chi connectivity index (χ3v) is 5.63. The highest BCUT2D eigenvalue weighted by molar-refractivity contribution is 5.80. The second-order valence-electron chi connectivity index (χ2n) is 7.83. The van der Waals surface area contributed by atoms with E-state index in [0.29, 0.717) is 11.5 Å². The average Bonchev–Trinajstić information content (AvgIpc) is 3.09. The molecule has 0 atom stereocenters. The summed E-state index contributed by atoms with van der Waals surface area (Å²) < 4.78 is 0. The van der Waals surface area contributed by atoms with Gasteiger partial charge in [0.25, 0.3) is 0 Å². The molecule has 3 radical (unpaired) electrons. The summed E-state index contributed by atoms with van der Waals surface area (Å²) >= 11 is 0. The molecule has 6 heteroatoms. The lowest BCUT2D eigenvalue weighted by molar-refractivity contribution is 0.211. The average molecular weight is 376 g/mol. The molecule has 28 heavy (non-hydrogen) atoms. The minimum Gasteiger partial charge on any atom is -0.354 e. The maximum Gasteiger partial charge on any atom is 0.222 e. The van der Waals surface area contributed by atoms with Gasteiger partial charge in [-0.3, -0.25) is 0 Å². The van der Waals surface area contributed by atoms with E-state index in [-0.39, 0.29) is 0 Å². The maximum atomic E-state index is 7.73. The summed E-state index contributed by atoms with van der Waals surface area (Å²) in [6.07, 6.45) is 6.88. The van der Waals surface area contributed by atoms with Crippen LogP contribution in [0.1, 0.15) is 36.9 Å². The summed E-state index contributed by atoms with van der Waals surface area (Å²) in [7, 11) is 2.21. The topological polar surface area (TPSA) is 69.7 Å². The number of aryl methyl sites for hydroxylation is 1. The molecule has 1 fully saturated rings. The first-order valence-electron chi connectivity index (χ1n) is 10.1. The van der Waals surface area contributed by atoms with Gasteiger partial charge in [-0.05, 0) is 76.4 Å². The monoisotopic (exact) mass is 375 g/mol. The minimum absolute atomic E-state index is 0.457. The predicted molar refractivity (Wildman–Crippen MR) is 112 cm³/mol. The number of anilines is 1. The second-order valence-corrected chi connectivity index (χ2v) is 7.83. The van der Waals surface area contributed by atoms with Crippen LogP contribution >= 0.6 is 0 Å². The van der Waals surface area contributed by atoms with Gasteiger partial charge in [-0.25, -0.2) is 15.0 Å². The lowest BCUT2D eigenvalue weighted by atomic mass is 9.92. The fraction of sp³-hybridized carbons (Fsp3) is 0.455. The van der Waals surface area contributed by atoms with Crippen molar-refractivity contribution in [1.82, 2.24) is 24.8 Å². The highest BCUT2D eigenvalue weighted by Gasteiger charge is 2.16. The molecule has 0 bridgehead atoms. The Morgan fingerprint density at radius 2 is 2.07 bits per heavy atom. The van der Waals surface area contributed by atoms with E-state index in [1.165, 1.54) is 32.4 Å². The molecule has 1 aliphatic heterocycles. The quantitative estimate of drug-likeness (QED) is 0.642. The highest BCUT2D eigenvalue weighted by atomic mass is 15.1. The Morgan fingerprint density at radius 1 is 1.25 bits per heavy atom. The smallest absolute Gasteiger partial charge is 0.222 e. The van der Waals surface area contributed by atoms with Crippen LogP contribution in [0.25, 0.3) is 22.4 Å². The summed E-state index contributed by atoms with van der Waals surface area (Å²) in [5.41, 5.74) is 3.94. The number of fused-ring (bicyclic) bond motifs is 1. The van der Waals surface area contributed by atoms with Crippen LogP contribution in [0.4, 0.5) is 5.95 Å². The molecule has 0 saturated carbocycles. The Hall–Kier alpha value is -2.47. The summed E-state index contributed by atoms with van der Waals surface area (Å²) in [5, 5.41) is 3.36. The molecule has 0 aliphatic carbocycles. The second kappa shape index (κ2) is 8.27. The maximum absolute atomic E-state index is 7.73. The van der Waals surface area contributed by atoms with Gasteiger partial charge < -0.3 is 15.2 Å². The molecule has 0 unspecified atom stereocenters. The van der Waals surface area contributed by atoms with Gasteiger partial charge in [0.05, 0.1) is 22.3 Å². The zero-order valence-corrected chi connectivity index (χ0v) is 16.6. The molecule has 6 nitrogen and oxygen atoms in total. The van der Waals surface area contributed by atoms with Crippen molar-refractivity contribution < 1.29 is 0 Å². The zero-order chi connectivity index (χ0) is 19.5. The molecular weight excluding hydrogens is 348 g/mol. The van der Waals surface area contributed by atoms with Gasteiger partial charge in [-0.2, -0.15) is 0 Å². The van der Waals surface area contributed by atoms with Gasteiger partial charge in [-0.1, -0.05) is 6.07 Å². The van der Waals surface area contributed by atoms with Crippen LogP contribution in [0.2, 0.25) is 0 Å². The van der Waals surface area contributed by atoms with Crippen LogP contribution in [0.5, 0.6) is 0 Å². The molecule has 3 heterocycles. The predicted octanol–water partition coefficient (Wildman–Crippen LogP) is 3.80. The van der Waals surface area contributed by atoms with Crippen molar-refractivity contribution in [2.24, 2.45) is 5.92 Å². The Balaban J connectivity index is 1.34. The van der Waals surface area contributed by atoms with E-state index in [1.807, 2.05) is 19.2 Å². The lowest BCUT2D eigenvalue weighted by Gasteiger charge is -2.28. The van der Waals surface area contributed by atoms with Crippen molar-refractivity contribution in [3.63, 3.8) is 0 Å². The van der Waals surface area contributed by atoms with E-state index in [1.54, 1.807) is 12.1 Å². The van der Waals surface area contributed by atoms with E-state index < -0.39 is 0 Å². The number of benzene rings is 1. The van der Waals surface area contributed by atoms with Gasteiger partial charge >= 0.3 is 0 Å². The van der Waals surface area contributed by atoms with Crippen LogP contribution in [-0.4, -0.2) is 51.5 Å². The number of nitrogens with zero attached hydrogens (tertiary/aromatic N) is 4. The molecule has 0 spiro atoms. The molecule has 145 valence electrons. The molecule has 2 N–H and O–H groups in total. The lowest BCUT2D eigenvalue weighted by Crippen LogP contribution is -2.30. The first-order valence-corrected chi connectivity index (χ1v) is 10.1. The van der Waals surface area contributed by atoms with Crippen molar-refractivity contribution in [1.29, 1.82) is 0 Å². The Labute approximate surface area is 166 Å². The normalized spacial score (nSPS) is 16.0. The number of aromatic amines is 1. The number of rotatable bonds is 6. The standard InChI is InChI=1S/C22H27N6/c1-15-6-7-19-20(13-15)27-21(26-19)18-14-24-22(25-16(18)2)23-10-4-5-17-8-11-28(3)12-9-17/h6-7,13-14,17H,4-5,8-12H2,2-3H3,(H,26,27)(H,23,24,25). The molecule has 2 aromatic heterocycles. The number of piperidine rings is 1. The Morgan fingerprint density at radius 3 is 2.86 bits per heavy atom. The van der Waals surface area contributed by atoms with Crippen molar-refractivity contribution in [2.75, 3.05) is 32.0 Å². The first kappa shape index (κ1) is 18.9. The number of hydrogen-bond acceptors (Lipinski definition) is 5. The third-order valence-electron chi connectivity index (χ3n) is 5.63. The summed E-state index contributed by atoms with van der Waals surface area (Å²) in [4.78, 5) is 19.4. The van der Waals surface area contributed by atoms with Crippen molar-refractivity contribution >= 4 is 17.0 Å². The van der Waals surface area contributed by atoms with Gasteiger partial charge in [0.2, 0.25) is 5.95 Å². The van der Waals surface area contributed by atoms with Crippen LogP contribution in [0.15, 0.2) is 24.4 Å². The van der Waals surface area contributed by atoms with Crippen LogP contribution in [0, 0.1) is 19.8 Å². The van der Waals surface area contributed by atoms with E-state index in [9.17, 15) is 0 Å². The van der Waals surface area contributed by atoms with Gasteiger partial charge in [-0.15, -0.1) is 0 Å². The summed E-state index contributed by atoms with van der Waals surface area (Å²) in [5.74, 6) is 2.28. The van der Waals surface area contributed by atoms with Gasteiger partial charge in [0.1, 0.15) is 5.82 Å². The van der Waals surface area contributed by atoms with Crippen LogP contribution in [-0.2, 0) is 0 Å². The molecule has 0 amide bonds. The zero-order valence-electron chi connectivity index (χ0n) is 16.6. The Kier molecular flexibility index (Phi) is 5.57. The van der Waals surface area contributed by atoms with Crippen molar-refractivity contribution in [2.45, 2.75) is 32.6 Å². The number of likely N-dealkylation sites (tertiary alicyclic amines) is 1. The third kappa shape index (κ3) is 4.33. The van der Waals surface area contributed by atoms with Crippen molar-refractivity contribution in [3.05, 3.63) is 42.6 Å².